The number of amides is 1. The Labute approximate surface area is 52.8 Å². The molecule has 1 amide bonds. The average Bonchev–Trinajstić information content (AvgIpc) is 2.13. The van der Waals surface area contributed by atoms with Crippen molar-refractivity contribution in [3.8, 4) is 0 Å². The van der Waals surface area contributed by atoms with Crippen molar-refractivity contribution in [1.29, 1.82) is 0 Å². The Bertz CT molecular complexity index is 126. The smallest absolute Gasteiger partial charge is 0.278 e. The van der Waals surface area contributed by atoms with E-state index in [1.807, 2.05) is 0 Å². The summed E-state index contributed by atoms with van der Waals surface area (Å²) in [4.78, 5) is 10.5. The number of hydrogen-bond acceptors (Lipinski definition) is 3. The maximum absolute atomic E-state index is 10.5. The van der Waals surface area contributed by atoms with Crippen LogP contribution in [0, 0.1) is 0 Å². The molecule has 1 saturated heterocycles. The van der Waals surface area contributed by atoms with E-state index in [4.69, 9.17) is 11.5 Å². The molecule has 0 bridgehead atoms. The van der Waals surface area contributed by atoms with Crippen LogP contribution in [0.25, 0.3) is 0 Å². The van der Waals surface area contributed by atoms with Gasteiger partial charge in [-0.05, 0) is 0 Å². The highest BCUT2D eigenvalue weighted by Crippen LogP contribution is 1.81. The summed E-state index contributed by atoms with van der Waals surface area (Å²) in [6.45, 7) is 0.675. The first-order valence-corrected chi connectivity index (χ1v) is 2.83. The Balaban J connectivity index is 2.49. The van der Waals surface area contributed by atoms with Crippen molar-refractivity contribution < 1.29 is 10.1 Å². The minimum atomic E-state index is -0.354. The van der Waals surface area contributed by atoms with E-state index in [0.29, 0.717) is 6.67 Å². The number of rotatable bonds is 1. The average molecular weight is 131 g/mol. The zero-order chi connectivity index (χ0) is 6.85. The van der Waals surface area contributed by atoms with Crippen molar-refractivity contribution in [2.45, 2.75) is 12.2 Å². The lowest BCUT2D eigenvalue weighted by Gasteiger charge is -2.04. The molecule has 1 rings (SSSR count). The zero-order valence-electron chi connectivity index (χ0n) is 5.00. The SMILES string of the molecule is NC(=O)C1[NH2+]CNC1N. The second kappa shape index (κ2) is 2.30. The van der Waals surface area contributed by atoms with E-state index in [2.05, 4.69) is 5.32 Å². The van der Waals surface area contributed by atoms with E-state index < -0.39 is 0 Å². The molecule has 0 aromatic rings. The van der Waals surface area contributed by atoms with Gasteiger partial charge in [-0.15, -0.1) is 0 Å². The minimum absolute atomic E-state index is 0.275. The van der Waals surface area contributed by atoms with Crippen molar-refractivity contribution >= 4 is 5.91 Å². The van der Waals surface area contributed by atoms with Gasteiger partial charge in [-0.2, -0.15) is 0 Å². The zero-order valence-corrected chi connectivity index (χ0v) is 5.00. The third kappa shape index (κ3) is 1.18. The van der Waals surface area contributed by atoms with Gasteiger partial charge in [0.15, 0.2) is 6.04 Å². The molecular formula is C4H11N4O+. The van der Waals surface area contributed by atoms with Crippen molar-refractivity contribution in [2.24, 2.45) is 11.5 Å². The summed E-state index contributed by atoms with van der Waals surface area (Å²) in [5.41, 5.74) is 10.4. The molecule has 1 aliphatic rings. The van der Waals surface area contributed by atoms with Crippen LogP contribution in [0.1, 0.15) is 0 Å². The molecule has 0 aromatic heterocycles. The number of carbonyl (C=O) groups excluding carboxylic acids is 1. The molecule has 5 heteroatoms. The van der Waals surface area contributed by atoms with Crippen molar-refractivity contribution in [2.75, 3.05) is 6.67 Å². The van der Waals surface area contributed by atoms with Gasteiger partial charge >= 0.3 is 0 Å². The van der Waals surface area contributed by atoms with Crippen LogP contribution in [-0.2, 0) is 4.79 Å². The molecule has 2 atom stereocenters. The predicted octanol–water partition coefficient (Wildman–Crippen LogP) is -3.75. The van der Waals surface area contributed by atoms with Gasteiger partial charge in [0.1, 0.15) is 12.8 Å². The maximum atomic E-state index is 10.5. The number of quaternary nitrogens is 1. The maximum Gasteiger partial charge on any atom is 0.278 e. The third-order valence-corrected chi connectivity index (χ3v) is 1.44. The van der Waals surface area contributed by atoms with Crippen LogP contribution in [0.15, 0.2) is 0 Å². The second-order valence-corrected chi connectivity index (χ2v) is 2.10. The van der Waals surface area contributed by atoms with Gasteiger partial charge in [0.2, 0.25) is 0 Å². The first-order chi connectivity index (χ1) is 4.22. The highest BCUT2D eigenvalue weighted by Gasteiger charge is 2.31. The molecule has 52 valence electrons. The molecular weight excluding hydrogens is 120 g/mol. The summed E-state index contributed by atoms with van der Waals surface area (Å²) in [5.74, 6) is -0.354. The van der Waals surface area contributed by atoms with Crippen LogP contribution in [0.4, 0.5) is 0 Å². The second-order valence-electron chi connectivity index (χ2n) is 2.10. The first-order valence-electron chi connectivity index (χ1n) is 2.83. The van der Waals surface area contributed by atoms with Gasteiger partial charge in [0.05, 0.1) is 0 Å². The van der Waals surface area contributed by atoms with Crippen molar-refractivity contribution in [3.05, 3.63) is 0 Å². The fourth-order valence-corrected chi connectivity index (χ4v) is 0.898. The summed E-state index contributed by atoms with van der Waals surface area (Å²) in [6.07, 6.45) is -0.275. The fourth-order valence-electron chi connectivity index (χ4n) is 0.898. The molecule has 9 heavy (non-hydrogen) atoms. The Morgan fingerprint density at radius 3 is 2.67 bits per heavy atom. The molecule has 1 heterocycles. The molecule has 5 nitrogen and oxygen atoms in total. The fraction of sp³-hybridized carbons (Fsp3) is 0.750. The Hall–Kier alpha value is -0.650. The van der Waals surface area contributed by atoms with Gasteiger partial charge < -0.3 is 16.8 Å². The van der Waals surface area contributed by atoms with E-state index in [9.17, 15) is 4.79 Å². The Kier molecular flexibility index (Phi) is 1.65. The highest BCUT2D eigenvalue weighted by atomic mass is 16.1. The lowest BCUT2D eigenvalue weighted by atomic mass is 10.2. The normalized spacial score (nSPS) is 34.8. The van der Waals surface area contributed by atoms with Gasteiger partial charge in [-0.25, -0.2) is 5.32 Å². The van der Waals surface area contributed by atoms with Gasteiger partial charge in [0, 0.05) is 0 Å². The molecule has 7 N–H and O–H groups in total. The summed E-state index contributed by atoms with van der Waals surface area (Å²) < 4.78 is 0. The minimum Gasteiger partial charge on any atom is -0.364 e. The highest BCUT2D eigenvalue weighted by molar-refractivity contribution is 5.79. The molecule has 0 spiro atoms. The molecule has 0 saturated carbocycles. The van der Waals surface area contributed by atoms with E-state index >= 15 is 0 Å². The predicted molar refractivity (Wildman–Crippen MR) is 30.9 cm³/mol. The standard InChI is InChI=1S/C4H10N4O/c5-3-2(4(6)9)7-1-8-3/h2-3,7-8H,1,5H2,(H2,6,9)/p+1. The summed E-state index contributed by atoms with van der Waals surface area (Å²) in [5, 5.41) is 4.66. The number of carbonyl (C=O) groups is 1. The van der Waals surface area contributed by atoms with Crippen molar-refractivity contribution in [1.82, 2.24) is 5.32 Å². The molecule has 0 aliphatic carbocycles. The molecule has 1 fully saturated rings. The monoisotopic (exact) mass is 131 g/mol. The Morgan fingerprint density at radius 2 is 2.44 bits per heavy atom. The lowest BCUT2D eigenvalue weighted by molar-refractivity contribution is -0.659. The molecule has 0 radical (unpaired) electrons. The van der Waals surface area contributed by atoms with Gasteiger partial charge in [0.25, 0.3) is 5.91 Å². The van der Waals surface area contributed by atoms with Crippen LogP contribution in [0.2, 0.25) is 0 Å². The number of hydrogen-bond donors (Lipinski definition) is 4. The molecule has 0 aromatic carbocycles. The van der Waals surface area contributed by atoms with Gasteiger partial charge in [-0.3, -0.25) is 4.79 Å². The third-order valence-electron chi connectivity index (χ3n) is 1.44. The summed E-state index contributed by atoms with van der Waals surface area (Å²) in [7, 11) is 0. The topological polar surface area (TPSA) is 97.8 Å². The Morgan fingerprint density at radius 1 is 1.78 bits per heavy atom. The van der Waals surface area contributed by atoms with E-state index in [1.165, 1.54) is 0 Å². The molecule has 2 unspecified atom stereocenters. The van der Waals surface area contributed by atoms with Crippen LogP contribution < -0.4 is 22.1 Å². The number of primary amides is 1. The first kappa shape index (κ1) is 6.47. The van der Waals surface area contributed by atoms with E-state index in [-0.39, 0.29) is 18.1 Å². The molecule has 1 aliphatic heterocycles. The van der Waals surface area contributed by atoms with Gasteiger partial charge in [-0.1, -0.05) is 0 Å². The summed E-state index contributed by atoms with van der Waals surface area (Å²) >= 11 is 0. The van der Waals surface area contributed by atoms with Crippen molar-refractivity contribution in [3.63, 3.8) is 0 Å². The van der Waals surface area contributed by atoms with Crippen LogP contribution in [0.5, 0.6) is 0 Å². The van der Waals surface area contributed by atoms with Crippen LogP contribution in [0.3, 0.4) is 0 Å². The van der Waals surface area contributed by atoms with E-state index in [0.717, 1.165) is 0 Å². The summed E-state index contributed by atoms with van der Waals surface area (Å²) in [6, 6.07) is -0.287. The number of nitrogens with two attached hydrogens (primary N) is 3. The van der Waals surface area contributed by atoms with Crippen LogP contribution >= 0.6 is 0 Å². The van der Waals surface area contributed by atoms with E-state index in [1.54, 1.807) is 5.32 Å². The van der Waals surface area contributed by atoms with Crippen LogP contribution in [-0.4, -0.2) is 24.8 Å². The quantitative estimate of drug-likeness (QED) is 0.294. The number of nitrogens with one attached hydrogen (secondary N) is 1. The lowest BCUT2D eigenvalue weighted by Crippen LogP contribution is -2.91. The largest absolute Gasteiger partial charge is 0.364 e.